The second kappa shape index (κ2) is 8.73. The second-order valence-electron chi connectivity index (χ2n) is 6.21. The van der Waals surface area contributed by atoms with Crippen LogP contribution in [0.4, 0.5) is 13.8 Å². The fourth-order valence-electron chi connectivity index (χ4n) is 2.80. The number of nitrogen functional groups attached to an aromatic ring is 1. The van der Waals surface area contributed by atoms with Crippen molar-refractivity contribution in [2.45, 2.75) is 31.6 Å². The molecule has 1 amide bonds. The number of alkyl halides is 2. The summed E-state index contributed by atoms with van der Waals surface area (Å²) >= 11 is 0.936. The molecule has 0 saturated heterocycles. The number of hydrogen-bond acceptors (Lipinski definition) is 5. The number of hydrogen-bond donors (Lipinski definition) is 2. The number of thiophene rings is 1. The minimum absolute atomic E-state index is 0.0381. The number of halogens is 2. The van der Waals surface area contributed by atoms with Crippen LogP contribution in [-0.4, -0.2) is 25.2 Å². The van der Waals surface area contributed by atoms with Crippen molar-refractivity contribution >= 4 is 28.5 Å². The Kier molecular flexibility index (Phi) is 6.64. The van der Waals surface area contributed by atoms with E-state index in [-0.39, 0.29) is 21.9 Å². The zero-order valence-corrected chi connectivity index (χ0v) is 15.5. The van der Waals surface area contributed by atoms with Crippen molar-refractivity contribution < 1.29 is 18.4 Å². The highest BCUT2D eigenvalue weighted by Gasteiger charge is 2.29. The van der Waals surface area contributed by atoms with Gasteiger partial charge in [0.1, 0.15) is 0 Å². The number of benzene rings is 1. The lowest BCUT2D eigenvalue weighted by molar-refractivity contribution is 0.0892. The van der Waals surface area contributed by atoms with E-state index in [9.17, 15) is 23.6 Å². The van der Waals surface area contributed by atoms with Crippen molar-refractivity contribution in [3.05, 3.63) is 51.9 Å². The van der Waals surface area contributed by atoms with Crippen molar-refractivity contribution in [2.75, 3.05) is 12.3 Å². The number of rotatable bonds is 8. The van der Waals surface area contributed by atoms with Crippen LogP contribution >= 0.6 is 11.3 Å². The molecule has 27 heavy (non-hydrogen) atoms. The van der Waals surface area contributed by atoms with Crippen LogP contribution in [0.1, 0.15) is 44.5 Å². The Labute approximate surface area is 159 Å². The molecule has 1 unspecified atom stereocenters. The van der Waals surface area contributed by atoms with Crippen LogP contribution in [0.25, 0.3) is 0 Å². The van der Waals surface area contributed by atoms with Crippen LogP contribution in [0.5, 0.6) is 0 Å². The maximum absolute atomic E-state index is 12.4. The van der Waals surface area contributed by atoms with Gasteiger partial charge in [0.05, 0.1) is 33.5 Å². The van der Waals surface area contributed by atoms with Crippen molar-refractivity contribution in [1.29, 1.82) is 5.26 Å². The molecule has 0 saturated carbocycles. The summed E-state index contributed by atoms with van der Waals surface area (Å²) in [7, 11) is 0. The van der Waals surface area contributed by atoms with Gasteiger partial charge < -0.3 is 11.1 Å². The van der Waals surface area contributed by atoms with Crippen LogP contribution in [0, 0.1) is 11.3 Å². The van der Waals surface area contributed by atoms with Crippen LogP contribution in [0.15, 0.2) is 30.3 Å². The van der Waals surface area contributed by atoms with Gasteiger partial charge in [-0.15, -0.1) is 11.3 Å². The predicted octanol–water partition coefficient (Wildman–Crippen LogP) is 3.55. The molecule has 0 radical (unpaired) electrons. The van der Waals surface area contributed by atoms with Gasteiger partial charge in [-0.2, -0.15) is 5.26 Å². The number of anilines is 1. The first kappa shape index (κ1) is 20.5. The van der Waals surface area contributed by atoms with Gasteiger partial charge in [-0.25, -0.2) is 8.78 Å². The molecule has 0 aliphatic rings. The molecule has 0 spiro atoms. The largest absolute Gasteiger partial charge is 0.390 e. The van der Waals surface area contributed by atoms with E-state index in [0.29, 0.717) is 18.3 Å². The summed E-state index contributed by atoms with van der Waals surface area (Å²) in [5.74, 6) is -0.745. The molecule has 0 aliphatic carbocycles. The van der Waals surface area contributed by atoms with Gasteiger partial charge in [-0.05, 0) is 30.9 Å². The fraction of sp³-hybridized carbons (Fsp3) is 0.316. The van der Waals surface area contributed by atoms with Gasteiger partial charge in [-0.3, -0.25) is 9.59 Å². The lowest BCUT2D eigenvalue weighted by Crippen LogP contribution is -2.29. The Morgan fingerprint density at radius 3 is 2.63 bits per heavy atom. The molecule has 1 aromatic carbocycles. The van der Waals surface area contributed by atoms with Gasteiger partial charge in [0, 0.05) is 0 Å². The Balaban J connectivity index is 2.31. The molecule has 1 atom stereocenters. The molecule has 5 nitrogen and oxygen atoms in total. The van der Waals surface area contributed by atoms with Gasteiger partial charge in [-0.1, -0.05) is 30.3 Å². The van der Waals surface area contributed by atoms with Crippen LogP contribution in [0.3, 0.4) is 0 Å². The van der Waals surface area contributed by atoms with E-state index < -0.39 is 24.3 Å². The van der Waals surface area contributed by atoms with E-state index in [4.69, 9.17) is 5.73 Å². The normalized spacial score (nSPS) is 13.0. The number of nitrogens with one attached hydrogen (secondary N) is 1. The zero-order valence-electron chi connectivity index (χ0n) is 14.7. The lowest BCUT2D eigenvalue weighted by Gasteiger charge is -2.22. The predicted molar refractivity (Wildman–Crippen MR) is 100 cm³/mol. The quantitative estimate of drug-likeness (QED) is 0.673. The van der Waals surface area contributed by atoms with Crippen LogP contribution in [-0.2, 0) is 11.8 Å². The Morgan fingerprint density at radius 2 is 2.07 bits per heavy atom. The SMILES string of the molecule is CC(C#N)(CCc1c(C=O)sc(N)c1C(=O)NCC(F)F)c1ccccc1. The number of amides is 1. The van der Waals surface area contributed by atoms with Crippen molar-refractivity contribution in [3.63, 3.8) is 0 Å². The summed E-state index contributed by atoms with van der Waals surface area (Å²) in [4.78, 5) is 23.9. The molecule has 8 heteroatoms. The van der Waals surface area contributed by atoms with E-state index >= 15 is 0 Å². The van der Waals surface area contributed by atoms with E-state index in [2.05, 4.69) is 11.4 Å². The minimum Gasteiger partial charge on any atom is -0.390 e. The molecular formula is C19H19F2N3O2S. The van der Waals surface area contributed by atoms with E-state index in [1.807, 2.05) is 30.3 Å². The fourth-order valence-corrected chi connectivity index (χ4v) is 3.73. The third kappa shape index (κ3) is 4.68. The van der Waals surface area contributed by atoms with Gasteiger partial charge >= 0.3 is 0 Å². The second-order valence-corrected chi connectivity index (χ2v) is 7.30. The van der Waals surface area contributed by atoms with Crippen molar-refractivity contribution in [3.8, 4) is 6.07 Å². The molecule has 2 aromatic rings. The summed E-state index contributed by atoms with van der Waals surface area (Å²) in [6, 6.07) is 11.5. The third-order valence-electron chi connectivity index (χ3n) is 4.35. The van der Waals surface area contributed by atoms with Gasteiger partial charge in [0.25, 0.3) is 12.3 Å². The van der Waals surface area contributed by atoms with Crippen molar-refractivity contribution in [1.82, 2.24) is 5.32 Å². The van der Waals surface area contributed by atoms with Gasteiger partial charge in [0.15, 0.2) is 6.29 Å². The number of nitrogens with zero attached hydrogens (tertiary/aromatic N) is 1. The molecule has 1 heterocycles. The smallest absolute Gasteiger partial charge is 0.255 e. The molecular weight excluding hydrogens is 372 g/mol. The average Bonchev–Trinajstić information content (AvgIpc) is 3.00. The number of aldehydes is 1. The molecule has 0 bridgehead atoms. The van der Waals surface area contributed by atoms with Crippen molar-refractivity contribution in [2.24, 2.45) is 0 Å². The van der Waals surface area contributed by atoms with E-state index in [1.165, 1.54) is 0 Å². The van der Waals surface area contributed by atoms with Gasteiger partial charge in [0.2, 0.25) is 0 Å². The number of nitrogens with two attached hydrogens (primary N) is 1. The highest BCUT2D eigenvalue weighted by Crippen LogP contribution is 2.35. The summed E-state index contributed by atoms with van der Waals surface area (Å²) in [5, 5.41) is 11.9. The Hall–Kier alpha value is -2.79. The molecule has 1 aromatic heterocycles. The summed E-state index contributed by atoms with van der Waals surface area (Å²) in [6.07, 6.45) is -1.53. The highest BCUT2D eigenvalue weighted by atomic mass is 32.1. The topological polar surface area (TPSA) is 96.0 Å². The third-order valence-corrected chi connectivity index (χ3v) is 5.34. The highest BCUT2D eigenvalue weighted by molar-refractivity contribution is 7.18. The molecule has 3 N–H and O–H groups in total. The maximum atomic E-state index is 12.4. The summed E-state index contributed by atoms with van der Waals surface area (Å²) < 4.78 is 24.8. The maximum Gasteiger partial charge on any atom is 0.255 e. The minimum atomic E-state index is -2.69. The lowest BCUT2D eigenvalue weighted by atomic mass is 9.79. The van der Waals surface area contributed by atoms with E-state index in [0.717, 1.165) is 16.9 Å². The number of nitriles is 1. The Bertz CT molecular complexity index is 862. The van der Waals surface area contributed by atoms with E-state index in [1.54, 1.807) is 6.92 Å². The van der Waals surface area contributed by atoms with Crippen LogP contribution < -0.4 is 11.1 Å². The molecule has 0 fully saturated rings. The summed E-state index contributed by atoms with van der Waals surface area (Å²) in [5.41, 5.74) is 6.25. The average molecular weight is 391 g/mol. The summed E-state index contributed by atoms with van der Waals surface area (Å²) in [6.45, 7) is 0.971. The van der Waals surface area contributed by atoms with Crippen LogP contribution in [0.2, 0.25) is 0 Å². The Morgan fingerprint density at radius 1 is 1.41 bits per heavy atom. The number of carbonyl (C=O) groups is 2. The number of carbonyl (C=O) groups excluding carboxylic acids is 2. The first-order valence-corrected chi connectivity index (χ1v) is 9.03. The standard InChI is InChI=1S/C19H19F2N3O2S/c1-19(11-22,12-5-3-2-4-6-12)8-7-13-14(10-25)27-17(23)16(13)18(26)24-9-15(20)21/h2-6,10,15H,7-9,23H2,1H3,(H,24,26). The molecule has 2 rings (SSSR count). The first-order chi connectivity index (χ1) is 12.8. The monoisotopic (exact) mass is 391 g/mol. The molecule has 142 valence electrons. The first-order valence-electron chi connectivity index (χ1n) is 8.22. The molecule has 0 aliphatic heterocycles. The zero-order chi connectivity index (χ0) is 20.0.